The summed E-state index contributed by atoms with van der Waals surface area (Å²) in [5.74, 6) is -3.15. The van der Waals surface area contributed by atoms with Crippen LogP contribution in [0.15, 0.2) is 30.3 Å². The third-order valence-electron chi connectivity index (χ3n) is 12.1. The fourth-order valence-corrected chi connectivity index (χ4v) is 7.14. The molecule has 3 saturated heterocycles. The van der Waals surface area contributed by atoms with Crippen molar-refractivity contribution in [3.05, 3.63) is 188 Å². The van der Waals surface area contributed by atoms with Gasteiger partial charge in [0, 0.05) is 58.4 Å². The minimum Gasteiger partial charge on any atom is -0.344 e. The molecule has 3 fully saturated rings. The maximum Gasteiger partial charge on any atom is 0.361 e. The van der Waals surface area contributed by atoms with E-state index >= 15 is 0 Å². The van der Waals surface area contributed by atoms with Gasteiger partial charge in [0.1, 0.15) is 23.1 Å². The Morgan fingerprint density at radius 1 is 0.410 bits per heavy atom. The Kier molecular flexibility index (Phi) is 40.2. The number of nitrogens with zero attached hydrogens (tertiary/aromatic N) is 23. The van der Waals surface area contributed by atoms with Crippen LogP contribution in [0.3, 0.4) is 0 Å². The highest BCUT2D eigenvalue weighted by Crippen LogP contribution is 2.36. The zero-order chi connectivity index (χ0) is 85.1. The molecule has 3 aliphatic heterocycles. The number of non-ortho nitro benzene ring substituents is 2. The molecule has 3 aliphatic rings. The van der Waals surface area contributed by atoms with Gasteiger partial charge in [-0.3, -0.25) is 91.0 Å². The largest absolute Gasteiger partial charge is 0.361 e. The summed E-state index contributed by atoms with van der Waals surface area (Å²) in [6.45, 7) is 11.6. The Labute approximate surface area is 589 Å². The Bertz CT molecular complexity index is 3110. The summed E-state index contributed by atoms with van der Waals surface area (Å²) < 4.78 is 17.5. The van der Waals surface area contributed by atoms with Crippen LogP contribution >= 0.6 is 0 Å². The van der Waals surface area contributed by atoms with Crippen LogP contribution in [-0.4, -0.2) is 220 Å². The van der Waals surface area contributed by atoms with E-state index in [0.29, 0.717) is 49.6 Å². The summed E-state index contributed by atoms with van der Waals surface area (Å²) in [6.07, 6.45) is 0.621. The molecule has 0 aromatic heterocycles. The average molecular weight is 1540 g/mol. The number of hydrazine groups is 7. The van der Waals surface area contributed by atoms with Crippen molar-refractivity contribution in [1.29, 1.82) is 0 Å². The quantitative estimate of drug-likeness (QED) is 0.0647. The van der Waals surface area contributed by atoms with Crippen molar-refractivity contribution in [2.45, 2.75) is 126 Å². The van der Waals surface area contributed by atoms with E-state index in [-0.39, 0.29) is 52.6 Å². The number of aryl methyl sites for hydroxylation is 1. The molecule has 62 nitrogen and oxygen atoms in total. The highest BCUT2D eigenvalue weighted by atomic mass is 17.4. The number of rotatable bonds is 24. The van der Waals surface area contributed by atoms with Crippen LogP contribution in [0.1, 0.15) is 107 Å². The van der Waals surface area contributed by atoms with Crippen LogP contribution in [0.25, 0.3) is 0 Å². The molecule has 0 unspecified atom stereocenters. The summed E-state index contributed by atoms with van der Waals surface area (Å²) in [6, 6.07) is 4.94. The molecule has 0 bridgehead atoms. The van der Waals surface area contributed by atoms with Gasteiger partial charge in [0.2, 0.25) is 90.2 Å². The standard InChI is InChI=1S/C9H16N4O8.C9H18O6.C7H5N3O6.C7H6N2O4.C4H10N8O8.C3H7N6O6.2C2H6.H3N/c14-10(15)5-1-9(2-6-11(16)17,3-7-12(18)19)4-8-13(20)21;1-7(2)10-12-8(3,4)14-15-9(5,6)13-11-7;1-4-6(9(13)14)2-5(8(11)12)3-7(4)10(15)16;1-5-2-3-6(8(10)11)4-7(5)9(12)13;13-9(14)5-1-6(10(15)16)3-8(12(19)20)4-7(2-5)11(17)18;10-7(11)4-1-5(8(12)13)3-6(2-4)9(14)15;2*1-2;/h1-8H2;1-6H3;2-3H,1H3;2-4H,1H3;1-4H2,(H,13,14)(H,15,16);1-3H2,(H,10,11);2*1-2H3;1H3/q;;;;+2;+1;;;/i;;;;;;1D;;/hT2. The molecule has 105 heavy (non-hydrogen) atoms. The minimum atomic E-state index is -1.14. The average Bonchev–Trinajstić information content (AvgIpc) is 0.901. The lowest BCUT2D eigenvalue weighted by molar-refractivity contribution is -0.948. The molecule has 594 valence electrons. The first-order valence-electron chi connectivity index (χ1n) is 30.1. The van der Waals surface area contributed by atoms with Crippen molar-refractivity contribution in [2.24, 2.45) is 5.41 Å². The van der Waals surface area contributed by atoms with Gasteiger partial charge in [-0.25, -0.2) is 56.1 Å². The smallest absolute Gasteiger partial charge is 0.344 e. The summed E-state index contributed by atoms with van der Waals surface area (Å²) in [5.41, 5.74) is -3.38. The summed E-state index contributed by atoms with van der Waals surface area (Å²) in [5, 5.41) is 158. The van der Waals surface area contributed by atoms with Crippen molar-refractivity contribution in [2.75, 3.05) is 72.9 Å². The topological polar surface area (TPSA) is 795 Å². The van der Waals surface area contributed by atoms with Crippen LogP contribution in [0.2, 0.25) is 2.82 Å². The van der Waals surface area contributed by atoms with Gasteiger partial charge in [-0.15, -0.1) is 0 Å². The van der Waals surface area contributed by atoms with Crippen LogP contribution in [0.5, 0.6) is 0 Å². The maximum atomic E-state index is 10.8. The Balaban J connectivity index is -0.000000592. The van der Waals surface area contributed by atoms with Crippen molar-refractivity contribution >= 4 is 28.4 Å². The van der Waals surface area contributed by atoms with Crippen molar-refractivity contribution in [3.63, 3.8) is 0 Å². The highest BCUT2D eigenvalue weighted by molar-refractivity contribution is 5.59. The third-order valence-corrected chi connectivity index (χ3v) is 12.1. The lowest BCUT2D eigenvalue weighted by Gasteiger charge is -2.28. The van der Waals surface area contributed by atoms with E-state index < -0.39 is 192 Å². The molecular weight excluding hydrogens is 1460 g/mol. The Morgan fingerprint density at radius 2 is 0.619 bits per heavy atom. The molecule has 0 radical (unpaired) electrons. The number of nitro groups is 13. The Morgan fingerprint density at radius 3 is 0.810 bits per heavy atom. The van der Waals surface area contributed by atoms with Crippen LogP contribution in [0.4, 0.5) is 28.4 Å². The lowest BCUT2D eigenvalue weighted by atomic mass is 9.75. The molecule has 2 aromatic rings. The fourth-order valence-electron chi connectivity index (χ4n) is 7.14. The second kappa shape index (κ2) is 45.8. The van der Waals surface area contributed by atoms with E-state index in [1.165, 1.54) is 32.1 Å². The van der Waals surface area contributed by atoms with Gasteiger partial charge in [0.25, 0.3) is 28.4 Å². The fraction of sp³-hybridized carbons (Fsp3) is 0.721. The minimum absolute atomic E-state index is 0.157. The van der Waals surface area contributed by atoms with Gasteiger partial charge < -0.3 is 6.14 Å². The SMILES string of the molecule is CC.CC1(C)OOC(C)(C)OOC(C)(C)OO1.Cc1c([N+](=O)[O-])cc([N+](=O)[O-])cc1[N+](=O)[O-].Cc1ccc([N+](=O)[O-])cc1[N+](=O)[O-].O=[N+]([O-])CCC(CC[N+](=O)[O-])(CC[N+](=O)[O-])CC[N+](=O)[O-].O=[N+]([O-])N1CN([N+](=O)[O-])CN([N+](=O)O)C1.O=[N+]([O-])N1CN([N+](=O)[O-])CN([N+](=O)O)CN([N+](=O)O)C1.[2H]CC.[3H]N[3H]. The predicted molar refractivity (Wildman–Crippen MR) is 332 cm³/mol. The summed E-state index contributed by atoms with van der Waals surface area (Å²) in [4.78, 5) is 192. The number of hydrogen-bond acceptors (Lipinski definition) is 36. The van der Waals surface area contributed by atoms with E-state index in [1.807, 2.05) is 13.8 Å². The monoisotopic (exact) mass is 1540 g/mol. The van der Waals surface area contributed by atoms with Gasteiger partial charge in [0.15, 0.2) is 20.1 Å². The van der Waals surface area contributed by atoms with Crippen molar-refractivity contribution < 1.29 is 129 Å². The van der Waals surface area contributed by atoms with Gasteiger partial charge in [-0.2, -0.15) is 29.3 Å². The zero-order valence-electron chi connectivity index (χ0n) is 60.1. The van der Waals surface area contributed by atoms with Crippen molar-refractivity contribution in [3.8, 4) is 0 Å². The van der Waals surface area contributed by atoms with Gasteiger partial charge in [-0.05, 0) is 81.9 Å². The molecule has 6 N–H and O–H groups in total. The molecule has 5 rings (SSSR count). The van der Waals surface area contributed by atoms with Gasteiger partial charge in [0.05, 0.1) is 42.8 Å². The molecule has 0 saturated carbocycles. The van der Waals surface area contributed by atoms with E-state index in [4.69, 9.17) is 49.1 Å². The first kappa shape index (κ1) is 92.2. The van der Waals surface area contributed by atoms with Crippen LogP contribution in [0, 0.1) is 165 Å². The summed E-state index contributed by atoms with van der Waals surface area (Å²) in [7, 11) is 0. The van der Waals surface area contributed by atoms with Gasteiger partial charge in [-0.1, -0.05) is 47.7 Å². The van der Waals surface area contributed by atoms with Crippen LogP contribution < -0.4 is 6.14 Å². The van der Waals surface area contributed by atoms with E-state index in [2.05, 4.69) is 0 Å². The van der Waals surface area contributed by atoms with E-state index in [9.17, 15) is 146 Å². The predicted octanol–water partition coefficient (Wildman–Crippen LogP) is 4.27. The van der Waals surface area contributed by atoms with E-state index in [0.717, 1.165) is 6.07 Å². The molecule has 0 atom stereocenters. The number of nitro benzene ring substituents is 5. The number of hydrogen-bond donors (Lipinski definition) is 4. The highest BCUT2D eigenvalue weighted by Gasteiger charge is 2.45. The third kappa shape index (κ3) is 38.5. The molecule has 0 spiro atoms. The maximum absolute atomic E-state index is 10.8. The second-order valence-electron chi connectivity index (χ2n) is 21.0. The first-order valence-corrected chi connectivity index (χ1v) is 28.3. The van der Waals surface area contributed by atoms with Crippen molar-refractivity contribution in [1.82, 2.24) is 41.2 Å². The van der Waals surface area contributed by atoms with E-state index in [1.54, 1.807) is 48.5 Å². The summed E-state index contributed by atoms with van der Waals surface area (Å²) >= 11 is 0. The Hall–Kier alpha value is -12.8. The van der Waals surface area contributed by atoms with Gasteiger partial charge >= 0.3 is 15.1 Å². The molecule has 0 amide bonds. The van der Waals surface area contributed by atoms with Crippen LogP contribution in [-0.2, 0) is 29.3 Å². The number of benzene rings is 2. The molecule has 0 aliphatic carbocycles. The second-order valence-corrected chi connectivity index (χ2v) is 21.0. The zero-order valence-corrected chi connectivity index (χ0v) is 57.1. The molecule has 62 heteroatoms. The first-order chi connectivity index (χ1) is 49.6. The molecular formula is C43H77N24O38+3. The normalized spacial score (nSPS) is 15.1. The molecule has 3 heterocycles. The lowest BCUT2D eigenvalue weighted by Crippen LogP contribution is -2.59. The molecule has 2 aromatic carbocycles.